The van der Waals surface area contributed by atoms with Crippen LogP contribution in [-0.4, -0.2) is 25.3 Å². The second-order valence-electron chi connectivity index (χ2n) is 5.92. The highest BCUT2D eigenvalue weighted by Crippen LogP contribution is 2.32. The summed E-state index contributed by atoms with van der Waals surface area (Å²) >= 11 is 5.40. The Hall–Kier alpha value is -0.420. The molecule has 0 aliphatic carbocycles. The van der Waals surface area contributed by atoms with E-state index in [0.717, 1.165) is 26.2 Å². The van der Waals surface area contributed by atoms with E-state index in [9.17, 15) is 0 Å². The van der Waals surface area contributed by atoms with Crippen LogP contribution < -0.4 is 5.32 Å². The first kappa shape index (κ1) is 16.0. The summed E-state index contributed by atoms with van der Waals surface area (Å²) in [7, 11) is 0. The van der Waals surface area contributed by atoms with Crippen LogP contribution in [0.2, 0.25) is 0 Å². The van der Waals surface area contributed by atoms with Gasteiger partial charge in [-0.15, -0.1) is 11.3 Å². The predicted octanol–water partition coefficient (Wildman–Crippen LogP) is 4.61. The lowest BCUT2D eigenvalue weighted by Crippen LogP contribution is -2.38. The second-order valence-corrected chi connectivity index (χ2v) is 7.65. The first-order valence-electron chi connectivity index (χ1n) is 6.95. The Morgan fingerprint density at radius 2 is 2.05 bits per heavy atom. The van der Waals surface area contributed by atoms with Crippen molar-refractivity contribution in [3.05, 3.63) is 33.6 Å². The third kappa shape index (κ3) is 4.55. The highest BCUT2D eigenvalue weighted by Gasteiger charge is 2.08. The van der Waals surface area contributed by atoms with Crippen molar-refractivity contribution in [2.45, 2.75) is 32.7 Å². The van der Waals surface area contributed by atoms with Gasteiger partial charge in [-0.3, -0.25) is 0 Å². The summed E-state index contributed by atoms with van der Waals surface area (Å²) < 4.78 is 8.22. The highest BCUT2D eigenvalue weighted by molar-refractivity contribution is 9.10. The molecule has 0 bridgehead atoms. The van der Waals surface area contributed by atoms with Gasteiger partial charge in [0.15, 0.2) is 0 Å². The van der Waals surface area contributed by atoms with Crippen LogP contribution in [0.4, 0.5) is 0 Å². The molecule has 0 aliphatic rings. The number of hydrogen-bond acceptors (Lipinski definition) is 3. The fraction of sp³-hybridized carbons (Fsp3) is 0.500. The van der Waals surface area contributed by atoms with Gasteiger partial charge >= 0.3 is 0 Å². The Labute approximate surface area is 133 Å². The Morgan fingerprint density at radius 3 is 2.80 bits per heavy atom. The largest absolute Gasteiger partial charge is 0.380 e. The molecule has 4 heteroatoms. The van der Waals surface area contributed by atoms with Gasteiger partial charge < -0.3 is 10.1 Å². The first-order chi connectivity index (χ1) is 9.47. The monoisotopic (exact) mass is 355 g/mol. The molecule has 1 aromatic heterocycles. The van der Waals surface area contributed by atoms with Crippen molar-refractivity contribution in [3.63, 3.8) is 0 Å². The van der Waals surface area contributed by atoms with Gasteiger partial charge in [-0.25, -0.2) is 0 Å². The van der Waals surface area contributed by atoms with Gasteiger partial charge in [-0.2, -0.15) is 0 Å². The van der Waals surface area contributed by atoms with E-state index in [1.54, 1.807) is 11.3 Å². The topological polar surface area (TPSA) is 21.3 Å². The van der Waals surface area contributed by atoms with Crippen LogP contribution in [0, 0.1) is 0 Å². The second kappa shape index (κ2) is 7.03. The zero-order valence-electron chi connectivity index (χ0n) is 12.3. The molecule has 1 heterocycles. The minimum absolute atomic E-state index is 0.166. The van der Waals surface area contributed by atoms with Gasteiger partial charge in [0.1, 0.15) is 0 Å². The molecule has 0 fully saturated rings. The molecule has 2 nitrogen and oxygen atoms in total. The van der Waals surface area contributed by atoms with Crippen molar-refractivity contribution in [2.24, 2.45) is 0 Å². The number of thiophene rings is 1. The van der Waals surface area contributed by atoms with Gasteiger partial charge in [0.2, 0.25) is 0 Å². The van der Waals surface area contributed by atoms with E-state index in [2.05, 4.69) is 65.6 Å². The van der Waals surface area contributed by atoms with Crippen molar-refractivity contribution < 1.29 is 4.74 Å². The molecule has 0 amide bonds. The van der Waals surface area contributed by atoms with Crippen molar-refractivity contribution in [2.75, 3.05) is 19.8 Å². The van der Waals surface area contributed by atoms with Gasteiger partial charge in [0.05, 0.1) is 13.2 Å². The molecule has 0 atom stereocenters. The molecular formula is C16H22BrNOS. The Kier molecular flexibility index (Phi) is 5.61. The third-order valence-corrected chi connectivity index (χ3v) is 5.05. The summed E-state index contributed by atoms with van der Waals surface area (Å²) in [4.78, 5) is 0. The van der Waals surface area contributed by atoms with E-state index < -0.39 is 0 Å². The molecular weight excluding hydrogens is 334 g/mol. The summed E-state index contributed by atoms with van der Waals surface area (Å²) in [6.07, 6.45) is 0.978. The first-order valence-corrected chi connectivity index (χ1v) is 8.62. The minimum atomic E-state index is 0.166. The summed E-state index contributed by atoms with van der Waals surface area (Å²) in [6, 6.07) is 6.38. The molecule has 110 valence electrons. The minimum Gasteiger partial charge on any atom is -0.380 e. The molecule has 2 aromatic rings. The van der Waals surface area contributed by atoms with Crippen molar-refractivity contribution in [1.29, 1.82) is 0 Å². The Morgan fingerprint density at radius 1 is 1.25 bits per heavy atom. The molecule has 0 radical (unpaired) electrons. The van der Waals surface area contributed by atoms with Crippen molar-refractivity contribution >= 4 is 37.4 Å². The van der Waals surface area contributed by atoms with E-state index in [0.29, 0.717) is 0 Å². The normalized spacial score (nSPS) is 12.2. The van der Waals surface area contributed by atoms with Gasteiger partial charge in [0.25, 0.3) is 0 Å². The van der Waals surface area contributed by atoms with Crippen LogP contribution in [-0.2, 0) is 11.2 Å². The van der Waals surface area contributed by atoms with E-state index >= 15 is 0 Å². The number of halogens is 1. The van der Waals surface area contributed by atoms with Crippen molar-refractivity contribution in [1.82, 2.24) is 5.32 Å². The third-order valence-electron chi connectivity index (χ3n) is 3.05. The lowest BCUT2D eigenvalue weighted by atomic mass is 10.1. The van der Waals surface area contributed by atoms with Gasteiger partial charge in [-0.05, 0) is 65.5 Å². The Balaban J connectivity index is 1.78. The SMILES string of the molecule is CC(C)(C)NCCOCCc1csc2c(Br)cccc12. The van der Waals surface area contributed by atoms with E-state index in [-0.39, 0.29) is 5.54 Å². The molecule has 0 saturated heterocycles. The standard InChI is InChI=1S/C16H22BrNOS/c1-16(2,3)18-8-10-19-9-7-12-11-20-15-13(12)5-4-6-14(15)17/h4-6,11,18H,7-10H2,1-3H3. The average Bonchev–Trinajstić information content (AvgIpc) is 2.77. The quantitative estimate of drug-likeness (QED) is 0.763. The smallest absolute Gasteiger partial charge is 0.0591 e. The number of hydrogen-bond donors (Lipinski definition) is 1. The molecule has 1 N–H and O–H groups in total. The summed E-state index contributed by atoms with van der Waals surface area (Å²) in [6.45, 7) is 8.96. The van der Waals surface area contributed by atoms with Crippen LogP contribution in [0.25, 0.3) is 10.1 Å². The van der Waals surface area contributed by atoms with E-state index in [1.807, 2.05) is 0 Å². The molecule has 2 rings (SSSR count). The number of nitrogens with one attached hydrogen (secondary N) is 1. The van der Waals surface area contributed by atoms with Crippen molar-refractivity contribution in [3.8, 4) is 0 Å². The van der Waals surface area contributed by atoms with Crippen LogP contribution in [0.3, 0.4) is 0 Å². The molecule has 0 saturated carbocycles. The van der Waals surface area contributed by atoms with E-state index in [1.165, 1.54) is 20.1 Å². The van der Waals surface area contributed by atoms with E-state index in [4.69, 9.17) is 4.74 Å². The number of rotatable bonds is 6. The van der Waals surface area contributed by atoms with Crippen LogP contribution >= 0.6 is 27.3 Å². The van der Waals surface area contributed by atoms with Gasteiger partial charge in [-0.1, -0.05) is 12.1 Å². The zero-order chi connectivity index (χ0) is 14.6. The lowest BCUT2D eigenvalue weighted by Gasteiger charge is -2.20. The zero-order valence-corrected chi connectivity index (χ0v) is 14.7. The van der Waals surface area contributed by atoms with Crippen LogP contribution in [0.5, 0.6) is 0 Å². The maximum atomic E-state index is 5.71. The number of benzene rings is 1. The molecule has 0 aliphatic heterocycles. The molecule has 0 unspecified atom stereocenters. The summed E-state index contributed by atoms with van der Waals surface area (Å²) in [5.41, 5.74) is 1.55. The fourth-order valence-electron chi connectivity index (χ4n) is 2.05. The maximum absolute atomic E-state index is 5.71. The number of fused-ring (bicyclic) bond motifs is 1. The highest BCUT2D eigenvalue weighted by atomic mass is 79.9. The van der Waals surface area contributed by atoms with Crippen LogP contribution in [0.15, 0.2) is 28.1 Å². The maximum Gasteiger partial charge on any atom is 0.0591 e. The van der Waals surface area contributed by atoms with Gasteiger partial charge in [0, 0.05) is 21.3 Å². The summed E-state index contributed by atoms with van der Waals surface area (Å²) in [5, 5.41) is 7.01. The van der Waals surface area contributed by atoms with Crippen LogP contribution in [0.1, 0.15) is 26.3 Å². The summed E-state index contributed by atoms with van der Waals surface area (Å²) in [5.74, 6) is 0. The Bertz CT molecular complexity index is 559. The predicted molar refractivity (Wildman–Crippen MR) is 91.8 cm³/mol. The molecule has 1 aromatic carbocycles. The molecule has 0 spiro atoms. The number of ether oxygens (including phenoxy) is 1. The lowest BCUT2D eigenvalue weighted by molar-refractivity contribution is 0.134. The fourth-order valence-corrected chi connectivity index (χ4v) is 3.71. The molecule has 20 heavy (non-hydrogen) atoms. The average molecular weight is 356 g/mol.